The summed E-state index contributed by atoms with van der Waals surface area (Å²) in [5.74, 6) is 1.01. The minimum absolute atomic E-state index is 0.0954. The van der Waals surface area contributed by atoms with Crippen molar-refractivity contribution in [3.05, 3.63) is 71.2 Å². The molecule has 26 heavy (non-hydrogen) atoms. The van der Waals surface area contributed by atoms with E-state index in [4.69, 9.17) is 20.8 Å². The molecule has 0 aliphatic rings. The van der Waals surface area contributed by atoms with E-state index in [1.807, 2.05) is 42.5 Å². The number of carbonyl (C=O) groups excluding carboxylic acids is 1. The van der Waals surface area contributed by atoms with E-state index in [1.165, 1.54) is 0 Å². The highest BCUT2D eigenvalue weighted by atomic mass is 35.5. The molecule has 1 N–H and O–H groups in total. The van der Waals surface area contributed by atoms with Crippen LogP contribution in [0.1, 0.15) is 17.9 Å². The van der Waals surface area contributed by atoms with Crippen LogP contribution in [-0.4, -0.2) is 18.0 Å². The van der Waals surface area contributed by atoms with Crippen molar-refractivity contribution >= 4 is 23.2 Å². The maximum absolute atomic E-state index is 12.1. The normalized spacial score (nSPS) is 10.7. The van der Waals surface area contributed by atoms with Crippen LogP contribution in [0, 0.1) is 0 Å². The summed E-state index contributed by atoms with van der Waals surface area (Å²) in [5, 5.41) is 3.46. The molecule has 6 heteroatoms. The lowest BCUT2D eigenvalue weighted by atomic mass is 10.2. The van der Waals surface area contributed by atoms with Crippen molar-refractivity contribution in [1.82, 2.24) is 4.98 Å². The lowest BCUT2D eigenvalue weighted by Gasteiger charge is -2.05. The number of hydrogen-bond acceptors (Lipinski definition) is 4. The molecule has 0 spiro atoms. The van der Waals surface area contributed by atoms with Crippen molar-refractivity contribution in [2.45, 2.75) is 19.4 Å². The summed E-state index contributed by atoms with van der Waals surface area (Å²) in [5.41, 5.74) is 2.59. The van der Waals surface area contributed by atoms with Gasteiger partial charge in [0.05, 0.1) is 17.8 Å². The van der Waals surface area contributed by atoms with Crippen molar-refractivity contribution in [2.24, 2.45) is 0 Å². The van der Waals surface area contributed by atoms with Crippen LogP contribution in [0.3, 0.4) is 0 Å². The quantitative estimate of drug-likeness (QED) is 0.654. The molecule has 0 bridgehead atoms. The highest BCUT2D eigenvalue weighted by Gasteiger charge is 2.11. The van der Waals surface area contributed by atoms with Crippen LogP contribution in [0.15, 0.2) is 59.1 Å². The maximum Gasteiger partial charge on any atom is 0.224 e. The van der Waals surface area contributed by atoms with Crippen LogP contribution in [0.4, 0.5) is 5.69 Å². The average Bonchev–Trinajstić information content (AvgIpc) is 3.11. The van der Waals surface area contributed by atoms with Crippen LogP contribution in [0.5, 0.6) is 0 Å². The molecule has 0 fully saturated rings. The SMILES string of the molecule is COCc1ccc(NC(=O)CCc2ncc(-c3ccccc3Cl)o2)cc1. The standard InChI is InChI=1S/C20H19ClN2O3/c1-25-13-14-6-8-15(9-7-14)23-19(24)10-11-20-22-12-18(26-20)16-4-2-3-5-17(16)21/h2-9,12H,10-11,13H2,1H3,(H,23,24). The number of aromatic nitrogens is 1. The molecule has 0 unspecified atom stereocenters. The number of nitrogens with one attached hydrogen (secondary N) is 1. The van der Waals surface area contributed by atoms with E-state index in [0.717, 1.165) is 16.8 Å². The lowest BCUT2D eigenvalue weighted by Crippen LogP contribution is -2.12. The van der Waals surface area contributed by atoms with Gasteiger partial charge in [-0.1, -0.05) is 35.9 Å². The van der Waals surface area contributed by atoms with Gasteiger partial charge in [0.1, 0.15) is 0 Å². The zero-order chi connectivity index (χ0) is 18.4. The molecule has 0 atom stereocenters. The molecule has 0 aliphatic heterocycles. The smallest absolute Gasteiger partial charge is 0.224 e. The largest absolute Gasteiger partial charge is 0.441 e. The fourth-order valence-electron chi connectivity index (χ4n) is 2.51. The highest BCUT2D eigenvalue weighted by Crippen LogP contribution is 2.28. The van der Waals surface area contributed by atoms with Crippen molar-refractivity contribution in [3.63, 3.8) is 0 Å². The number of hydrogen-bond donors (Lipinski definition) is 1. The lowest BCUT2D eigenvalue weighted by molar-refractivity contribution is -0.116. The Bertz CT molecular complexity index is 875. The summed E-state index contributed by atoms with van der Waals surface area (Å²) in [6.45, 7) is 0.548. The van der Waals surface area contributed by atoms with Crippen LogP contribution >= 0.6 is 11.6 Å². The number of amides is 1. The molecule has 2 aromatic carbocycles. The second-order valence-electron chi connectivity index (χ2n) is 5.78. The average molecular weight is 371 g/mol. The third kappa shape index (κ3) is 4.71. The summed E-state index contributed by atoms with van der Waals surface area (Å²) in [7, 11) is 1.65. The fraction of sp³-hybridized carbons (Fsp3) is 0.200. The summed E-state index contributed by atoms with van der Waals surface area (Å²) < 4.78 is 10.8. The van der Waals surface area contributed by atoms with Crippen molar-refractivity contribution < 1.29 is 13.9 Å². The Hall–Kier alpha value is -2.63. The van der Waals surface area contributed by atoms with Gasteiger partial charge in [-0.25, -0.2) is 4.98 Å². The van der Waals surface area contributed by atoms with Gasteiger partial charge in [0, 0.05) is 31.2 Å². The molecule has 1 heterocycles. The topological polar surface area (TPSA) is 64.4 Å². The molecule has 1 aromatic heterocycles. The maximum atomic E-state index is 12.1. The Balaban J connectivity index is 1.54. The first-order valence-corrected chi connectivity index (χ1v) is 8.61. The third-order valence-corrected chi connectivity index (χ3v) is 4.14. The predicted octanol–water partition coefficient (Wildman–Crippen LogP) is 4.71. The first-order valence-electron chi connectivity index (χ1n) is 8.23. The number of anilines is 1. The van der Waals surface area contributed by atoms with Gasteiger partial charge in [-0.05, 0) is 29.8 Å². The zero-order valence-corrected chi connectivity index (χ0v) is 15.1. The minimum Gasteiger partial charge on any atom is -0.441 e. The second-order valence-corrected chi connectivity index (χ2v) is 6.18. The molecule has 0 saturated carbocycles. The number of nitrogens with zero attached hydrogens (tertiary/aromatic N) is 1. The van der Waals surface area contributed by atoms with Crippen molar-refractivity contribution in [2.75, 3.05) is 12.4 Å². The van der Waals surface area contributed by atoms with Gasteiger partial charge in [0.15, 0.2) is 11.7 Å². The Morgan fingerprint density at radius 3 is 2.69 bits per heavy atom. The molecule has 5 nitrogen and oxygen atoms in total. The van der Waals surface area contributed by atoms with E-state index in [2.05, 4.69) is 10.3 Å². The van der Waals surface area contributed by atoms with Crippen LogP contribution in [0.2, 0.25) is 5.02 Å². The summed E-state index contributed by atoms with van der Waals surface area (Å²) in [6.07, 6.45) is 2.32. The molecule has 1 amide bonds. The van der Waals surface area contributed by atoms with Crippen LogP contribution < -0.4 is 5.32 Å². The Morgan fingerprint density at radius 1 is 1.19 bits per heavy atom. The number of carbonyl (C=O) groups is 1. The van der Waals surface area contributed by atoms with Gasteiger partial charge < -0.3 is 14.5 Å². The summed E-state index contributed by atoms with van der Waals surface area (Å²) in [6, 6.07) is 15.0. The number of rotatable bonds is 7. The number of benzene rings is 2. The number of halogens is 1. The molecule has 134 valence electrons. The van der Waals surface area contributed by atoms with E-state index in [-0.39, 0.29) is 12.3 Å². The van der Waals surface area contributed by atoms with Gasteiger partial charge in [-0.3, -0.25) is 4.79 Å². The van der Waals surface area contributed by atoms with Gasteiger partial charge in [-0.15, -0.1) is 0 Å². The number of oxazole rings is 1. The molecule has 3 rings (SSSR count). The van der Waals surface area contributed by atoms with Gasteiger partial charge in [-0.2, -0.15) is 0 Å². The number of ether oxygens (including phenoxy) is 1. The second kappa shape index (κ2) is 8.65. The van der Waals surface area contributed by atoms with Gasteiger partial charge >= 0.3 is 0 Å². The highest BCUT2D eigenvalue weighted by molar-refractivity contribution is 6.33. The van der Waals surface area contributed by atoms with Crippen LogP contribution in [0.25, 0.3) is 11.3 Å². The molecular weight excluding hydrogens is 352 g/mol. The van der Waals surface area contributed by atoms with Gasteiger partial charge in [0.25, 0.3) is 0 Å². The minimum atomic E-state index is -0.0954. The van der Waals surface area contributed by atoms with E-state index in [1.54, 1.807) is 19.4 Å². The molecule has 0 aliphatic carbocycles. The van der Waals surface area contributed by atoms with Crippen LogP contribution in [-0.2, 0) is 22.6 Å². The molecule has 0 saturated heterocycles. The third-order valence-electron chi connectivity index (χ3n) is 3.81. The fourth-order valence-corrected chi connectivity index (χ4v) is 2.74. The van der Waals surface area contributed by atoms with E-state index >= 15 is 0 Å². The Morgan fingerprint density at radius 2 is 1.96 bits per heavy atom. The van der Waals surface area contributed by atoms with E-state index in [9.17, 15) is 4.79 Å². The number of aryl methyl sites for hydroxylation is 1. The van der Waals surface area contributed by atoms with E-state index in [0.29, 0.717) is 29.7 Å². The molecule has 0 radical (unpaired) electrons. The molecular formula is C20H19ClN2O3. The summed E-state index contributed by atoms with van der Waals surface area (Å²) >= 11 is 6.16. The Labute approximate surface area is 157 Å². The van der Waals surface area contributed by atoms with Gasteiger partial charge in [0.2, 0.25) is 5.91 Å². The summed E-state index contributed by atoms with van der Waals surface area (Å²) in [4.78, 5) is 16.3. The Kier molecular flexibility index (Phi) is 6.04. The van der Waals surface area contributed by atoms with Crippen molar-refractivity contribution in [1.29, 1.82) is 0 Å². The number of methoxy groups -OCH3 is 1. The monoisotopic (exact) mass is 370 g/mol. The molecule has 3 aromatic rings. The van der Waals surface area contributed by atoms with Crippen molar-refractivity contribution in [3.8, 4) is 11.3 Å². The zero-order valence-electron chi connectivity index (χ0n) is 14.4. The predicted molar refractivity (Wildman–Crippen MR) is 101 cm³/mol. The first-order chi connectivity index (χ1) is 12.7. The first kappa shape index (κ1) is 18.2. The van der Waals surface area contributed by atoms with E-state index < -0.39 is 0 Å².